The average Bonchev–Trinajstić information content (AvgIpc) is 3.27. The zero-order valence-electron chi connectivity index (χ0n) is 19.5. The number of para-hydroxylation sites is 1. The first-order valence-corrected chi connectivity index (χ1v) is 13.4. The van der Waals surface area contributed by atoms with Crippen molar-refractivity contribution < 1.29 is 19.0 Å². The number of carbonyl (C=O) groups is 1. The molecule has 0 saturated heterocycles. The van der Waals surface area contributed by atoms with Crippen molar-refractivity contribution in [1.29, 1.82) is 0 Å². The molecule has 10 heteroatoms. The highest BCUT2D eigenvalue weighted by Gasteiger charge is 2.32. The van der Waals surface area contributed by atoms with E-state index in [-0.39, 0.29) is 16.5 Å². The van der Waals surface area contributed by atoms with Gasteiger partial charge in [0.2, 0.25) is 0 Å². The SMILES string of the molecule is COC(=O)CCc1cnc(CC2SC(c3cccc(OC)c3OC)c3cc(Cl)ccc3NC2=S)s1. The van der Waals surface area contributed by atoms with Gasteiger partial charge in [-0.2, -0.15) is 0 Å². The Labute approximate surface area is 223 Å². The van der Waals surface area contributed by atoms with Crippen LogP contribution in [0.4, 0.5) is 5.69 Å². The summed E-state index contributed by atoms with van der Waals surface area (Å²) in [6.07, 6.45) is 3.43. The monoisotopic (exact) mass is 548 g/mol. The maximum Gasteiger partial charge on any atom is 0.305 e. The maximum atomic E-state index is 11.5. The largest absolute Gasteiger partial charge is 0.493 e. The molecular formula is C25H25ClN2O4S3. The van der Waals surface area contributed by atoms with Crippen LogP contribution in [-0.4, -0.2) is 42.5 Å². The van der Waals surface area contributed by atoms with Crippen molar-refractivity contribution in [3.63, 3.8) is 0 Å². The number of hydrogen-bond donors (Lipinski definition) is 1. The molecular weight excluding hydrogens is 524 g/mol. The Morgan fingerprint density at radius 1 is 1.17 bits per heavy atom. The van der Waals surface area contributed by atoms with Crippen molar-refractivity contribution in [2.75, 3.05) is 26.6 Å². The molecule has 0 bridgehead atoms. The van der Waals surface area contributed by atoms with Crippen LogP contribution in [0.5, 0.6) is 11.5 Å². The Kier molecular flexibility index (Phi) is 8.54. The number of aromatic nitrogens is 1. The lowest BCUT2D eigenvalue weighted by molar-refractivity contribution is -0.140. The highest BCUT2D eigenvalue weighted by Crippen LogP contribution is 2.50. The summed E-state index contributed by atoms with van der Waals surface area (Å²) >= 11 is 15.6. The lowest BCUT2D eigenvalue weighted by Crippen LogP contribution is -2.24. The molecule has 2 unspecified atom stereocenters. The normalized spacial score (nSPS) is 17.2. The number of anilines is 1. The summed E-state index contributed by atoms with van der Waals surface area (Å²) in [5.41, 5.74) is 2.92. The van der Waals surface area contributed by atoms with Gasteiger partial charge < -0.3 is 19.5 Å². The van der Waals surface area contributed by atoms with E-state index in [0.717, 1.165) is 31.7 Å². The molecule has 1 aliphatic heterocycles. The van der Waals surface area contributed by atoms with E-state index >= 15 is 0 Å². The summed E-state index contributed by atoms with van der Waals surface area (Å²) in [6.45, 7) is 0. The molecule has 3 aromatic rings. The van der Waals surface area contributed by atoms with Crippen molar-refractivity contribution in [2.45, 2.75) is 29.8 Å². The molecule has 6 nitrogen and oxygen atoms in total. The number of aryl methyl sites for hydroxylation is 1. The van der Waals surface area contributed by atoms with E-state index in [4.69, 9.17) is 38.0 Å². The number of methoxy groups -OCH3 is 3. The van der Waals surface area contributed by atoms with Gasteiger partial charge in [0.25, 0.3) is 0 Å². The Morgan fingerprint density at radius 3 is 2.74 bits per heavy atom. The second-order valence-corrected chi connectivity index (χ2v) is 11.2. The molecule has 2 atom stereocenters. The van der Waals surface area contributed by atoms with Crippen LogP contribution in [0, 0.1) is 0 Å². The van der Waals surface area contributed by atoms with Crippen LogP contribution < -0.4 is 14.8 Å². The average molecular weight is 549 g/mol. The predicted molar refractivity (Wildman–Crippen MR) is 147 cm³/mol. The third kappa shape index (κ3) is 5.91. The van der Waals surface area contributed by atoms with Crippen LogP contribution in [0.1, 0.15) is 32.7 Å². The van der Waals surface area contributed by atoms with Crippen LogP contribution in [0.15, 0.2) is 42.6 Å². The first-order chi connectivity index (χ1) is 16.9. The van der Waals surface area contributed by atoms with E-state index in [0.29, 0.717) is 35.8 Å². The second-order valence-electron chi connectivity index (χ2n) is 7.81. The lowest BCUT2D eigenvalue weighted by atomic mass is 10.0. The Bertz CT molecular complexity index is 1230. The van der Waals surface area contributed by atoms with Gasteiger partial charge in [-0.25, -0.2) is 4.98 Å². The minimum absolute atomic E-state index is 0.0447. The topological polar surface area (TPSA) is 69.7 Å². The van der Waals surface area contributed by atoms with Gasteiger partial charge in [0.05, 0.1) is 48.2 Å². The van der Waals surface area contributed by atoms with E-state index in [1.54, 1.807) is 37.3 Å². The third-order valence-electron chi connectivity index (χ3n) is 5.63. The quantitative estimate of drug-likeness (QED) is 0.267. The summed E-state index contributed by atoms with van der Waals surface area (Å²) in [6, 6.07) is 11.7. The van der Waals surface area contributed by atoms with Crippen LogP contribution in [-0.2, 0) is 22.4 Å². The van der Waals surface area contributed by atoms with Crippen molar-refractivity contribution in [3.8, 4) is 11.5 Å². The van der Waals surface area contributed by atoms with Gasteiger partial charge in [-0.3, -0.25) is 4.79 Å². The van der Waals surface area contributed by atoms with E-state index < -0.39 is 0 Å². The molecule has 4 rings (SSSR count). The smallest absolute Gasteiger partial charge is 0.305 e. The number of ether oxygens (including phenoxy) is 3. The fourth-order valence-electron chi connectivity index (χ4n) is 3.92. The molecule has 1 N–H and O–H groups in total. The molecule has 184 valence electrons. The predicted octanol–water partition coefficient (Wildman–Crippen LogP) is 6.11. The molecule has 0 saturated carbocycles. The van der Waals surface area contributed by atoms with Gasteiger partial charge in [-0.1, -0.05) is 36.0 Å². The zero-order chi connectivity index (χ0) is 24.9. The minimum Gasteiger partial charge on any atom is -0.493 e. The summed E-state index contributed by atoms with van der Waals surface area (Å²) < 4.78 is 16.1. The number of fused-ring (bicyclic) bond motifs is 1. The summed E-state index contributed by atoms with van der Waals surface area (Å²) in [5.74, 6) is 1.13. The third-order valence-corrected chi connectivity index (χ3v) is 8.99. The summed E-state index contributed by atoms with van der Waals surface area (Å²) in [4.78, 5) is 17.9. The van der Waals surface area contributed by atoms with Crippen LogP contribution in [0.3, 0.4) is 0 Å². The molecule has 0 fully saturated rings. The maximum absolute atomic E-state index is 11.5. The van der Waals surface area contributed by atoms with Crippen molar-refractivity contribution in [2.24, 2.45) is 0 Å². The van der Waals surface area contributed by atoms with E-state index in [1.807, 2.05) is 42.6 Å². The van der Waals surface area contributed by atoms with Gasteiger partial charge in [0.1, 0.15) is 0 Å². The molecule has 1 aromatic heterocycles. The fourth-order valence-corrected chi connectivity index (χ4v) is 6.97. The number of thioether (sulfide) groups is 1. The standard InChI is InChI=1S/C25H25ClN2O4S3/c1-30-19-6-4-5-16(23(19)32-3)24-17-11-14(26)7-9-18(17)28-25(33)20(35-24)12-21-27-13-15(34-21)8-10-22(29)31-2/h4-7,9,11,13,20,24H,8,10,12H2,1-3H3,(H,28,33). The number of thiazole rings is 1. The van der Waals surface area contributed by atoms with Gasteiger partial charge in [-0.15, -0.1) is 23.1 Å². The highest BCUT2D eigenvalue weighted by molar-refractivity contribution is 8.02. The molecule has 2 heterocycles. The fraction of sp³-hybridized carbons (Fsp3) is 0.320. The number of thiocarbonyl (C=S) groups is 1. The molecule has 2 aromatic carbocycles. The number of nitrogens with zero attached hydrogens (tertiary/aromatic N) is 1. The first-order valence-electron chi connectivity index (χ1n) is 10.9. The molecule has 0 spiro atoms. The lowest BCUT2D eigenvalue weighted by Gasteiger charge is -2.23. The highest BCUT2D eigenvalue weighted by atomic mass is 35.5. The van der Waals surface area contributed by atoms with Gasteiger partial charge in [0.15, 0.2) is 11.5 Å². The number of esters is 1. The number of rotatable bonds is 8. The number of halogens is 1. The molecule has 0 aliphatic carbocycles. The number of carbonyl (C=O) groups excluding carboxylic acids is 1. The van der Waals surface area contributed by atoms with Gasteiger partial charge in [-0.05, 0) is 36.2 Å². The molecule has 0 amide bonds. The van der Waals surface area contributed by atoms with Gasteiger partial charge >= 0.3 is 5.97 Å². The first kappa shape index (κ1) is 25.8. The van der Waals surface area contributed by atoms with E-state index in [9.17, 15) is 4.79 Å². The van der Waals surface area contributed by atoms with Crippen LogP contribution in [0.2, 0.25) is 5.02 Å². The van der Waals surface area contributed by atoms with Crippen LogP contribution >= 0.6 is 46.9 Å². The second kappa shape index (κ2) is 11.6. The van der Waals surface area contributed by atoms with E-state index in [1.165, 1.54) is 7.11 Å². The van der Waals surface area contributed by atoms with Crippen LogP contribution in [0.25, 0.3) is 0 Å². The Hall–Kier alpha value is -2.33. The summed E-state index contributed by atoms with van der Waals surface area (Å²) in [5, 5.41) is 4.90. The molecule has 1 aliphatic rings. The minimum atomic E-state index is -0.226. The van der Waals surface area contributed by atoms with Gasteiger partial charge in [0, 0.05) is 33.8 Å². The van der Waals surface area contributed by atoms with Crippen molar-refractivity contribution in [1.82, 2.24) is 4.98 Å². The number of benzene rings is 2. The Morgan fingerprint density at radius 2 is 2.00 bits per heavy atom. The number of nitrogens with one attached hydrogen (secondary N) is 1. The summed E-state index contributed by atoms with van der Waals surface area (Å²) in [7, 11) is 4.68. The number of hydrogen-bond acceptors (Lipinski definition) is 8. The molecule has 35 heavy (non-hydrogen) atoms. The molecule has 0 radical (unpaired) electrons. The Balaban J connectivity index is 1.67. The van der Waals surface area contributed by atoms with Crippen molar-refractivity contribution in [3.05, 3.63) is 68.6 Å². The van der Waals surface area contributed by atoms with E-state index in [2.05, 4.69) is 10.3 Å². The van der Waals surface area contributed by atoms with Crippen molar-refractivity contribution >= 4 is 63.6 Å². The zero-order valence-corrected chi connectivity index (χ0v) is 22.7.